The molecule has 1 spiro atoms. The van der Waals surface area contributed by atoms with E-state index in [-0.39, 0.29) is 17.3 Å². The lowest BCUT2D eigenvalue weighted by Crippen LogP contribution is -2.73. The molecule has 0 aliphatic carbocycles. The Bertz CT molecular complexity index is 1520. The number of carbonyl (C=O) groups is 1. The van der Waals surface area contributed by atoms with Crippen molar-refractivity contribution in [2.75, 3.05) is 43.0 Å². The van der Waals surface area contributed by atoms with Gasteiger partial charge < -0.3 is 20.4 Å². The van der Waals surface area contributed by atoms with Crippen LogP contribution in [-0.4, -0.2) is 63.7 Å². The second-order valence-corrected chi connectivity index (χ2v) is 11.1. The predicted octanol–water partition coefficient (Wildman–Crippen LogP) is 3.46. The van der Waals surface area contributed by atoms with Crippen LogP contribution < -0.4 is 15.5 Å². The van der Waals surface area contributed by atoms with Crippen LogP contribution >= 0.6 is 22.7 Å². The Hall–Kier alpha value is -3.76. The summed E-state index contributed by atoms with van der Waals surface area (Å²) in [7, 11) is 1.89. The van der Waals surface area contributed by atoms with Gasteiger partial charge in [0.05, 0.1) is 5.69 Å². The summed E-state index contributed by atoms with van der Waals surface area (Å²) in [5, 5.41) is 16.1. The Labute approximate surface area is 214 Å². The fourth-order valence-electron chi connectivity index (χ4n) is 4.91. The van der Waals surface area contributed by atoms with Crippen molar-refractivity contribution in [1.82, 2.24) is 24.5 Å². The van der Waals surface area contributed by atoms with E-state index in [1.54, 1.807) is 17.0 Å². The summed E-state index contributed by atoms with van der Waals surface area (Å²) >= 11 is 2.80. The van der Waals surface area contributed by atoms with E-state index in [2.05, 4.69) is 11.0 Å². The van der Waals surface area contributed by atoms with E-state index in [4.69, 9.17) is 20.8 Å². The average Bonchev–Trinajstić information content (AvgIpc) is 3.49. The molecule has 0 saturated carbocycles. The van der Waals surface area contributed by atoms with Gasteiger partial charge >= 0.3 is 6.03 Å². The van der Waals surface area contributed by atoms with Gasteiger partial charge in [-0.05, 0) is 30.7 Å². The molecule has 2 saturated heterocycles. The van der Waals surface area contributed by atoms with E-state index in [1.807, 2.05) is 23.4 Å². The number of urea groups is 1. The van der Waals surface area contributed by atoms with Gasteiger partial charge in [-0.3, -0.25) is 0 Å². The van der Waals surface area contributed by atoms with Crippen molar-refractivity contribution in [2.45, 2.75) is 13.3 Å². The van der Waals surface area contributed by atoms with Gasteiger partial charge in [0, 0.05) is 44.2 Å². The van der Waals surface area contributed by atoms with Crippen LogP contribution in [0, 0.1) is 22.6 Å². The number of likely N-dealkylation sites (tertiary alicyclic amines) is 1. The normalized spacial score (nSPS) is 16.2. The third-order valence-electron chi connectivity index (χ3n) is 6.70. The zero-order valence-corrected chi connectivity index (χ0v) is 21.2. The predicted molar refractivity (Wildman–Crippen MR) is 136 cm³/mol. The van der Waals surface area contributed by atoms with Crippen molar-refractivity contribution < 1.29 is 9.18 Å². The molecular weight excluding hydrogens is 501 g/mol. The Kier molecular flexibility index (Phi) is 5.13. The van der Waals surface area contributed by atoms with Gasteiger partial charge in [0.2, 0.25) is 10.1 Å². The number of aromatic nitrogens is 4. The second kappa shape index (κ2) is 8.14. The molecular formula is C23H22FN9OS2. The zero-order valence-electron chi connectivity index (χ0n) is 19.6. The first kappa shape index (κ1) is 22.7. The van der Waals surface area contributed by atoms with Crippen LogP contribution in [0.2, 0.25) is 0 Å². The summed E-state index contributed by atoms with van der Waals surface area (Å²) < 4.78 is 15.2. The number of thiazole rings is 1. The Balaban J connectivity index is 1.30. The van der Waals surface area contributed by atoms with Crippen LogP contribution in [0.3, 0.4) is 0 Å². The van der Waals surface area contributed by atoms with E-state index in [1.165, 1.54) is 34.8 Å². The molecule has 2 aliphatic heterocycles. The number of benzene rings is 1. The molecule has 0 atom stereocenters. The highest BCUT2D eigenvalue weighted by Gasteiger charge is 2.53. The van der Waals surface area contributed by atoms with E-state index < -0.39 is 0 Å². The zero-order chi connectivity index (χ0) is 25.2. The van der Waals surface area contributed by atoms with E-state index in [9.17, 15) is 14.4 Å². The molecule has 2 N–H and O–H groups in total. The van der Waals surface area contributed by atoms with Crippen LogP contribution in [-0.2, 0) is 6.42 Å². The third-order valence-corrected chi connectivity index (χ3v) is 8.71. The van der Waals surface area contributed by atoms with Crippen molar-refractivity contribution in [3.05, 3.63) is 40.7 Å². The number of hydrogen-bond donors (Lipinski definition) is 1. The fraction of sp³-hybridized carbons (Fsp3) is 0.348. The summed E-state index contributed by atoms with van der Waals surface area (Å²) in [5.74, 6) is 0.465. The minimum absolute atomic E-state index is 0.113. The quantitative estimate of drug-likeness (QED) is 0.425. The molecule has 5 heterocycles. The lowest BCUT2D eigenvalue weighted by molar-refractivity contribution is 0.0107. The number of fused-ring (bicyclic) bond motifs is 1. The first-order valence-electron chi connectivity index (χ1n) is 11.4. The molecule has 2 aliphatic rings. The number of rotatable bonds is 5. The monoisotopic (exact) mass is 523 g/mol. The van der Waals surface area contributed by atoms with E-state index >= 15 is 0 Å². The van der Waals surface area contributed by atoms with Crippen LogP contribution in [0.25, 0.3) is 16.2 Å². The van der Waals surface area contributed by atoms with Gasteiger partial charge in [-0.1, -0.05) is 29.6 Å². The summed E-state index contributed by atoms with van der Waals surface area (Å²) in [6.07, 6.45) is 0.710. The maximum absolute atomic E-state index is 13.4. The van der Waals surface area contributed by atoms with Gasteiger partial charge in [0.15, 0.2) is 10.9 Å². The first-order chi connectivity index (χ1) is 17.3. The van der Waals surface area contributed by atoms with E-state index in [0.717, 1.165) is 34.7 Å². The Morgan fingerprint density at radius 3 is 2.58 bits per heavy atom. The van der Waals surface area contributed by atoms with Crippen molar-refractivity contribution in [2.24, 2.45) is 11.1 Å². The van der Waals surface area contributed by atoms with Crippen LogP contribution in [0.4, 0.5) is 25.3 Å². The molecule has 2 fully saturated rings. The van der Waals surface area contributed by atoms with Crippen LogP contribution in [0.15, 0.2) is 24.3 Å². The molecule has 3 aromatic heterocycles. The van der Waals surface area contributed by atoms with Gasteiger partial charge in [0.25, 0.3) is 0 Å². The number of aryl methyl sites for hydroxylation is 1. The molecule has 36 heavy (non-hydrogen) atoms. The number of amides is 2. The Morgan fingerprint density at radius 2 is 1.94 bits per heavy atom. The number of carbonyl (C=O) groups excluding carboxylic acids is 1. The number of anilines is 3. The van der Waals surface area contributed by atoms with Crippen LogP contribution in [0.5, 0.6) is 0 Å². The second-order valence-electron chi connectivity index (χ2n) is 9.22. The van der Waals surface area contributed by atoms with Gasteiger partial charge in [-0.15, -0.1) is 5.10 Å². The van der Waals surface area contributed by atoms with Gasteiger partial charge in [-0.2, -0.15) is 9.78 Å². The maximum atomic E-state index is 13.4. The standard InChI is InChI=1S/C23H22FN9OS2/c1-3-15-18(30(2)20-28-17(16(8-25)35-20)13-4-6-14(24)7-5-13)33-21(27-15)36-22(29-33)32-11-23(12-32)9-31(10-23)19(26)34/h4-7H,3,9-12H2,1-2H3,(H2,26,34). The third kappa shape index (κ3) is 3.48. The molecule has 1 aromatic carbocycles. The minimum Gasteiger partial charge on any atom is -0.351 e. The topological polar surface area (TPSA) is 120 Å². The number of nitrogens with zero attached hydrogens (tertiary/aromatic N) is 8. The van der Waals surface area contributed by atoms with Gasteiger partial charge in [0.1, 0.15) is 22.5 Å². The minimum atomic E-state index is -0.365. The molecule has 0 bridgehead atoms. The highest BCUT2D eigenvalue weighted by Crippen LogP contribution is 2.44. The summed E-state index contributed by atoms with van der Waals surface area (Å²) in [6.45, 7) is 5.09. The van der Waals surface area contributed by atoms with Crippen molar-refractivity contribution in [3.63, 3.8) is 0 Å². The van der Waals surface area contributed by atoms with E-state index in [0.29, 0.717) is 40.8 Å². The number of imidazole rings is 1. The van der Waals surface area contributed by atoms with Crippen molar-refractivity contribution >= 4 is 49.7 Å². The fourth-order valence-corrected chi connectivity index (χ4v) is 6.67. The number of primary amides is 1. The summed E-state index contributed by atoms with van der Waals surface area (Å²) in [5.41, 5.74) is 7.58. The Morgan fingerprint density at radius 1 is 1.22 bits per heavy atom. The molecule has 184 valence electrons. The lowest BCUT2D eigenvalue weighted by atomic mass is 9.73. The number of nitriles is 1. The highest BCUT2D eigenvalue weighted by molar-refractivity contribution is 7.20. The molecule has 4 aromatic rings. The lowest BCUT2D eigenvalue weighted by Gasteiger charge is -2.59. The highest BCUT2D eigenvalue weighted by atomic mass is 32.1. The summed E-state index contributed by atoms with van der Waals surface area (Å²) in [6, 6.07) is 7.83. The molecule has 13 heteroatoms. The van der Waals surface area contributed by atoms with Crippen molar-refractivity contribution in [1.29, 1.82) is 5.26 Å². The molecule has 2 amide bonds. The first-order valence-corrected chi connectivity index (χ1v) is 13.0. The molecule has 10 nitrogen and oxygen atoms in total. The number of halogens is 1. The molecule has 0 radical (unpaired) electrons. The number of nitrogens with two attached hydrogens (primary N) is 1. The SMILES string of the molecule is CCc1nc2sc(N3CC4(CN(C(N)=O)C4)C3)nn2c1N(C)c1nc(-c2ccc(F)cc2)c(C#N)s1. The largest absolute Gasteiger partial charge is 0.351 e. The maximum Gasteiger partial charge on any atom is 0.314 e. The summed E-state index contributed by atoms with van der Waals surface area (Å²) in [4.78, 5) is 27.9. The number of hydrogen-bond acceptors (Lipinski definition) is 9. The van der Waals surface area contributed by atoms with Crippen molar-refractivity contribution in [3.8, 4) is 17.3 Å². The van der Waals surface area contributed by atoms with Gasteiger partial charge in [-0.25, -0.2) is 19.2 Å². The molecule has 6 rings (SSSR count). The average molecular weight is 524 g/mol. The molecule has 0 unspecified atom stereocenters. The van der Waals surface area contributed by atoms with Crippen LogP contribution in [0.1, 0.15) is 17.5 Å². The smallest absolute Gasteiger partial charge is 0.314 e.